The topological polar surface area (TPSA) is 0 Å². The molecule has 0 bridgehead atoms. The van der Waals surface area contributed by atoms with Crippen molar-refractivity contribution < 1.29 is 47.8 Å². The number of benzene rings is 4. The van der Waals surface area contributed by atoms with Crippen molar-refractivity contribution in [3.05, 3.63) is 146 Å². The molecule has 0 aliphatic rings. The minimum Gasteiger partial charge on any atom is -0.214 e. The van der Waals surface area contributed by atoms with Crippen molar-refractivity contribution in [2.24, 2.45) is 0 Å². The maximum atomic E-state index is 2.26. The third-order valence-electron chi connectivity index (χ3n) is 5.20. The van der Waals surface area contributed by atoms with E-state index in [0.717, 1.165) is 0 Å². The summed E-state index contributed by atoms with van der Waals surface area (Å²) in [4.78, 5) is 0. The van der Waals surface area contributed by atoms with Crippen LogP contribution < -0.4 is 35.2 Å². The van der Waals surface area contributed by atoms with Gasteiger partial charge in [-0.3, -0.25) is 0 Å². The molecule has 168 valence electrons. The Morgan fingerprint density at radius 2 is 0.853 bits per heavy atom. The van der Waals surface area contributed by atoms with E-state index in [4.69, 9.17) is 0 Å². The van der Waals surface area contributed by atoms with Crippen LogP contribution in [0.25, 0.3) is 21.5 Å². The molecule has 34 heavy (non-hydrogen) atoms. The van der Waals surface area contributed by atoms with E-state index in [1.807, 2.05) is 30.3 Å². The average Bonchev–Trinajstić information content (AvgIpc) is 3.57. The van der Waals surface area contributed by atoms with E-state index >= 15 is 0 Å². The molecule has 0 atom stereocenters. The maximum Gasteiger partial charge on any atom is -0.0771 e. The van der Waals surface area contributed by atoms with Gasteiger partial charge in [-0.1, -0.05) is 36.4 Å². The van der Waals surface area contributed by atoms with Gasteiger partial charge >= 0.3 is 99.5 Å². The summed E-state index contributed by atoms with van der Waals surface area (Å²) in [5.41, 5.74) is -0.406. The molecule has 0 saturated heterocycles. The Hall–Kier alpha value is -2.23. The molecule has 0 saturated carbocycles. The average molecular weight is 662 g/mol. The largest absolute Gasteiger partial charge is 0.214 e. The fourth-order valence-electron chi connectivity index (χ4n) is 3.60. The van der Waals surface area contributed by atoms with Gasteiger partial charge in [0.25, 0.3) is 0 Å². The predicted molar refractivity (Wildman–Crippen MR) is 137 cm³/mol. The second-order valence-corrected chi connectivity index (χ2v) is 14.7. The van der Waals surface area contributed by atoms with Crippen molar-refractivity contribution in [2.75, 3.05) is 0 Å². The summed E-state index contributed by atoms with van der Waals surface area (Å²) in [5.74, 6) is 0. The van der Waals surface area contributed by atoms with Gasteiger partial charge in [-0.05, 0) is 0 Å². The van der Waals surface area contributed by atoms with Crippen LogP contribution in [0.3, 0.4) is 0 Å². The van der Waals surface area contributed by atoms with Crippen LogP contribution in [-0.4, -0.2) is 5.49 Å². The molecular formula is C30H24Cl2HfSi-2. The van der Waals surface area contributed by atoms with Gasteiger partial charge in [-0.25, -0.2) is 12.1 Å². The Bertz CT molecular complexity index is 1270. The van der Waals surface area contributed by atoms with E-state index in [-0.39, 0.29) is 24.8 Å². The van der Waals surface area contributed by atoms with Crippen LogP contribution in [0.4, 0.5) is 0 Å². The summed E-state index contributed by atoms with van der Waals surface area (Å²) in [7, 11) is 0. The standard InChI is InChI=1S/C13H9.C12H10Si.C5H5.2ClH.Hf/c1-3-7-12-10(5-1)9-11-6-2-4-8-13(11)12;1-3-7-11(8-4-1)13-12-9-5-2-6-10-12;1-2-4-5-3-1;;;/h1-9H;1-10H;1-5H;2*1H;/q-1;;-1;;;+2/p-2. The minimum absolute atomic E-state index is 0. The van der Waals surface area contributed by atoms with Gasteiger partial charge < -0.3 is 24.8 Å². The number of halogens is 2. The quantitative estimate of drug-likeness (QED) is 0.187. The number of rotatable bonds is 2. The zero-order valence-electron chi connectivity index (χ0n) is 18.6. The number of hydrogen-bond donors (Lipinski definition) is 0. The van der Waals surface area contributed by atoms with E-state index in [2.05, 4.69) is 115 Å². The van der Waals surface area contributed by atoms with Crippen molar-refractivity contribution in [1.82, 2.24) is 0 Å². The van der Waals surface area contributed by atoms with E-state index in [1.54, 1.807) is 0 Å². The van der Waals surface area contributed by atoms with E-state index in [1.165, 1.54) is 54.9 Å². The van der Waals surface area contributed by atoms with Crippen molar-refractivity contribution in [1.29, 1.82) is 0 Å². The second-order valence-electron chi connectivity index (χ2n) is 7.39. The molecule has 6 aromatic rings. The second kappa shape index (κ2) is 14.9. The van der Waals surface area contributed by atoms with Gasteiger partial charge in [-0.15, -0.1) is 39.7 Å². The Labute approximate surface area is 229 Å². The van der Waals surface area contributed by atoms with Crippen molar-refractivity contribution >= 4 is 37.4 Å². The molecule has 0 spiro atoms. The van der Waals surface area contributed by atoms with Crippen LogP contribution in [0.5, 0.6) is 0 Å². The number of hydrogen-bond acceptors (Lipinski definition) is 0. The van der Waals surface area contributed by atoms with Gasteiger partial charge in [0, 0.05) is 0 Å². The third kappa shape index (κ3) is 7.64. The van der Waals surface area contributed by atoms with E-state index < -0.39 is 5.49 Å². The molecule has 0 nitrogen and oxygen atoms in total. The molecule has 0 radical (unpaired) electrons. The molecular weight excluding hydrogens is 638 g/mol. The van der Waals surface area contributed by atoms with E-state index in [0.29, 0.717) is 0 Å². The zero-order valence-corrected chi connectivity index (χ0v) is 24.7. The molecule has 0 fully saturated rings. The molecule has 0 unspecified atom stereocenters. The van der Waals surface area contributed by atoms with Crippen molar-refractivity contribution in [3.8, 4) is 0 Å². The molecule has 4 heteroatoms. The molecule has 6 rings (SSSR count). The van der Waals surface area contributed by atoms with E-state index in [9.17, 15) is 0 Å². The van der Waals surface area contributed by atoms with Crippen molar-refractivity contribution in [3.63, 3.8) is 0 Å². The molecule has 0 N–H and O–H groups in total. The Morgan fingerprint density at radius 1 is 0.471 bits per heavy atom. The fourth-order valence-corrected chi connectivity index (χ4v) is 8.58. The van der Waals surface area contributed by atoms with Crippen LogP contribution in [0.2, 0.25) is 0 Å². The molecule has 6 aromatic carbocycles. The van der Waals surface area contributed by atoms with Crippen LogP contribution in [0, 0.1) is 0 Å². The fraction of sp³-hybridized carbons (Fsp3) is 0. The molecule has 0 aliphatic carbocycles. The maximum absolute atomic E-state index is 2.26. The SMILES string of the molecule is [Cl-].[Cl-].[Hf+2]=[Si](c1ccccc1)c1ccccc1.c1cc[cH-]c1.c1ccc2c(c1)[cH-]c1ccccc12. The van der Waals surface area contributed by atoms with Crippen molar-refractivity contribution in [2.45, 2.75) is 0 Å². The first-order valence-electron chi connectivity index (χ1n) is 10.7. The summed E-state index contributed by atoms with van der Waals surface area (Å²) >= 11 is 1.27. The van der Waals surface area contributed by atoms with Crippen LogP contribution in [-0.2, 0) is 23.0 Å². The summed E-state index contributed by atoms with van der Waals surface area (Å²) in [6, 6.07) is 51.0. The van der Waals surface area contributed by atoms with Gasteiger partial charge in [0.05, 0.1) is 0 Å². The first-order chi connectivity index (χ1) is 15.8. The van der Waals surface area contributed by atoms with Gasteiger partial charge in [0.15, 0.2) is 0 Å². The van der Waals surface area contributed by atoms with Crippen LogP contribution in [0.1, 0.15) is 0 Å². The first kappa shape index (κ1) is 28.0. The molecule has 0 aromatic heterocycles. The summed E-state index contributed by atoms with van der Waals surface area (Å²) in [6.07, 6.45) is 0. The monoisotopic (exact) mass is 662 g/mol. The minimum atomic E-state index is -0.406. The van der Waals surface area contributed by atoms with Gasteiger partial charge in [-0.2, -0.15) is 18.2 Å². The summed E-state index contributed by atoms with van der Waals surface area (Å²) in [6.45, 7) is 0. The molecule has 0 aliphatic heterocycles. The predicted octanol–water partition coefficient (Wildman–Crippen LogP) is 0.465. The van der Waals surface area contributed by atoms with Crippen LogP contribution >= 0.6 is 0 Å². The van der Waals surface area contributed by atoms with Crippen LogP contribution in [0.15, 0.2) is 146 Å². The number of fused-ring (bicyclic) bond motifs is 3. The Balaban J connectivity index is 0.000000191. The molecule has 0 amide bonds. The van der Waals surface area contributed by atoms with Gasteiger partial charge in [0.2, 0.25) is 0 Å². The Kier molecular flexibility index (Phi) is 12.3. The first-order valence-corrected chi connectivity index (χ1v) is 17.6. The smallest absolute Gasteiger partial charge is 0.0771 e. The summed E-state index contributed by atoms with van der Waals surface area (Å²) in [5, 5.41) is 8.47. The molecule has 0 heterocycles. The van der Waals surface area contributed by atoms with Gasteiger partial charge in [0.1, 0.15) is 0 Å². The Morgan fingerprint density at radius 3 is 1.24 bits per heavy atom. The summed E-state index contributed by atoms with van der Waals surface area (Å²) < 4.78 is 0. The third-order valence-corrected chi connectivity index (χ3v) is 13.2. The zero-order chi connectivity index (χ0) is 22.0. The normalized spacial score (nSPS) is 9.47.